The molecule has 0 saturated carbocycles. The first-order valence-electron chi connectivity index (χ1n) is 4.48. The topological polar surface area (TPSA) is 33.1 Å². The third-order valence-electron chi connectivity index (χ3n) is 2.29. The second kappa shape index (κ2) is 3.46. The molecule has 0 bridgehead atoms. The Morgan fingerprint density at radius 2 is 2.14 bits per heavy atom. The van der Waals surface area contributed by atoms with Crippen LogP contribution in [0.15, 0.2) is 24.4 Å². The number of halogens is 1. The van der Waals surface area contributed by atoms with Crippen molar-refractivity contribution in [3.05, 3.63) is 35.1 Å². The third-order valence-corrected chi connectivity index (χ3v) is 2.59. The Balaban J connectivity index is 2.85. The number of hydrogen-bond acceptors (Lipinski definition) is 2. The van der Waals surface area contributed by atoms with Crippen molar-refractivity contribution in [2.75, 3.05) is 0 Å². The van der Waals surface area contributed by atoms with E-state index in [1.165, 1.54) is 0 Å². The summed E-state index contributed by atoms with van der Waals surface area (Å²) in [5, 5.41) is 11.7. The largest absolute Gasteiger partial charge is 0.508 e. The average molecular weight is 208 g/mol. The number of nitrogens with zero attached hydrogens (tertiary/aromatic N) is 1. The van der Waals surface area contributed by atoms with Crippen LogP contribution in [-0.2, 0) is 6.42 Å². The number of benzene rings is 1. The molecule has 0 aliphatic heterocycles. The third kappa shape index (κ3) is 1.42. The fourth-order valence-corrected chi connectivity index (χ4v) is 1.75. The van der Waals surface area contributed by atoms with Gasteiger partial charge in [-0.15, -0.1) is 0 Å². The SMILES string of the molecule is CCc1cnc(Cl)c2ccc(O)cc12. The highest BCUT2D eigenvalue weighted by Gasteiger charge is 2.05. The van der Waals surface area contributed by atoms with Gasteiger partial charge < -0.3 is 5.11 Å². The standard InChI is InChI=1S/C11H10ClNO/c1-2-7-6-13-11(12)9-4-3-8(14)5-10(7)9/h3-6,14H,2H2,1H3. The molecular weight excluding hydrogens is 198 g/mol. The number of hydrogen-bond donors (Lipinski definition) is 1. The van der Waals surface area contributed by atoms with Gasteiger partial charge in [0.1, 0.15) is 10.9 Å². The molecule has 0 fully saturated rings. The molecular formula is C11H10ClNO. The van der Waals surface area contributed by atoms with Crippen molar-refractivity contribution in [1.82, 2.24) is 4.98 Å². The number of aryl methyl sites for hydroxylation is 1. The number of phenols is 1. The van der Waals surface area contributed by atoms with Crippen LogP contribution in [-0.4, -0.2) is 10.1 Å². The van der Waals surface area contributed by atoms with E-state index in [4.69, 9.17) is 11.6 Å². The summed E-state index contributed by atoms with van der Waals surface area (Å²) < 4.78 is 0. The van der Waals surface area contributed by atoms with E-state index in [1.807, 2.05) is 0 Å². The molecule has 14 heavy (non-hydrogen) atoms. The summed E-state index contributed by atoms with van der Waals surface area (Å²) in [7, 11) is 0. The Hall–Kier alpha value is -1.28. The summed E-state index contributed by atoms with van der Waals surface area (Å²) in [4.78, 5) is 4.09. The number of phenolic OH excluding ortho intramolecular Hbond substituents is 1. The highest BCUT2D eigenvalue weighted by Crippen LogP contribution is 2.27. The van der Waals surface area contributed by atoms with E-state index in [2.05, 4.69) is 11.9 Å². The van der Waals surface area contributed by atoms with Crippen LogP contribution in [0.2, 0.25) is 5.15 Å². The van der Waals surface area contributed by atoms with Crippen molar-refractivity contribution in [2.24, 2.45) is 0 Å². The van der Waals surface area contributed by atoms with Gasteiger partial charge in [0.05, 0.1) is 0 Å². The minimum Gasteiger partial charge on any atom is -0.508 e. The van der Waals surface area contributed by atoms with Gasteiger partial charge in [-0.1, -0.05) is 18.5 Å². The molecule has 0 aliphatic rings. The second-order valence-electron chi connectivity index (χ2n) is 3.16. The van der Waals surface area contributed by atoms with Crippen LogP contribution in [0.3, 0.4) is 0 Å². The van der Waals surface area contributed by atoms with Crippen molar-refractivity contribution in [3.8, 4) is 5.75 Å². The zero-order chi connectivity index (χ0) is 10.1. The van der Waals surface area contributed by atoms with Crippen LogP contribution < -0.4 is 0 Å². The number of aromatic hydroxyl groups is 1. The van der Waals surface area contributed by atoms with Crippen molar-refractivity contribution in [3.63, 3.8) is 0 Å². The lowest BCUT2D eigenvalue weighted by molar-refractivity contribution is 0.476. The van der Waals surface area contributed by atoms with E-state index in [1.54, 1.807) is 24.4 Å². The van der Waals surface area contributed by atoms with Gasteiger partial charge in [-0.2, -0.15) is 0 Å². The molecule has 0 spiro atoms. The first-order chi connectivity index (χ1) is 6.72. The van der Waals surface area contributed by atoms with Crippen LogP contribution in [0, 0.1) is 0 Å². The van der Waals surface area contributed by atoms with Crippen molar-refractivity contribution in [1.29, 1.82) is 0 Å². The van der Waals surface area contributed by atoms with Gasteiger partial charge in [0, 0.05) is 11.6 Å². The molecule has 1 aromatic carbocycles. The minimum absolute atomic E-state index is 0.259. The zero-order valence-corrected chi connectivity index (χ0v) is 8.54. The summed E-state index contributed by atoms with van der Waals surface area (Å²) in [5.41, 5.74) is 1.10. The number of pyridine rings is 1. The molecule has 0 unspecified atom stereocenters. The van der Waals surface area contributed by atoms with Gasteiger partial charge in [0.2, 0.25) is 0 Å². The summed E-state index contributed by atoms with van der Waals surface area (Å²) in [5.74, 6) is 0.259. The first-order valence-corrected chi connectivity index (χ1v) is 4.86. The van der Waals surface area contributed by atoms with Crippen molar-refractivity contribution in [2.45, 2.75) is 13.3 Å². The first kappa shape index (κ1) is 9.28. The predicted octanol–water partition coefficient (Wildman–Crippen LogP) is 3.16. The summed E-state index contributed by atoms with van der Waals surface area (Å²) >= 11 is 5.95. The van der Waals surface area contributed by atoms with E-state index in [-0.39, 0.29) is 5.75 Å². The van der Waals surface area contributed by atoms with Crippen molar-refractivity contribution >= 4 is 22.4 Å². The maximum absolute atomic E-state index is 9.38. The van der Waals surface area contributed by atoms with Gasteiger partial charge in [0.25, 0.3) is 0 Å². The maximum atomic E-state index is 9.38. The normalized spacial score (nSPS) is 10.7. The number of aromatic nitrogens is 1. The van der Waals surface area contributed by atoms with E-state index in [0.717, 1.165) is 22.8 Å². The van der Waals surface area contributed by atoms with Crippen LogP contribution in [0.1, 0.15) is 12.5 Å². The molecule has 3 heteroatoms. The molecule has 2 rings (SSSR count). The van der Waals surface area contributed by atoms with E-state index < -0.39 is 0 Å². The summed E-state index contributed by atoms with van der Waals surface area (Å²) in [6.07, 6.45) is 2.63. The predicted molar refractivity (Wildman–Crippen MR) is 57.8 cm³/mol. The molecule has 2 aromatic rings. The molecule has 0 atom stereocenters. The van der Waals surface area contributed by atoms with Crippen LogP contribution in [0.5, 0.6) is 5.75 Å². The number of fused-ring (bicyclic) bond motifs is 1. The lowest BCUT2D eigenvalue weighted by Gasteiger charge is -2.05. The van der Waals surface area contributed by atoms with Gasteiger partial charge in [-0.25, -0.2) is 4.98 Å². The molecule has 72 valence electrons. The zero-order valence-electron chi connectivity index (χ0n) is 7.79. The average Bonchev–Trinajstić information content (AvgIpc) is 2.18. The quantitative estimate of drug-likeness (QED) is 0.729. The molecule has 0 radical (unpaired) electrons. The smallest absolute Gasteiger partial charge is 0.136 e. The Labute approximate surface area is 87.2 Å². The Morgan fingerprint density at radius 1 is 1.36 bits per heavy atom. The molecule has 1 heterocycles. The molecule has 0 saturated heterocycles. The maximum Gasteiger partial charge on any atom is 0.136 e. The fourth-order valence-electron chi connectivity index (χ4n) is 1.53. The molecule has 1 N–H and O–H groups in total. The number of rotatable bonds is 1. The van der Waals surface area contributed by atoms with Gasteiger partial charge in [0.15, 0.2) is 0 Å². The molecule has 2 nitrogen and oxygen atoms in total. The second-order valence-corrected chi connectivity index (χ2v) is 3.52. The van der Waals surface area contributed by atoms with E-state index >= 15 is 0 Å². The Kier molecular flexibility index (Phi) is 2.30. The van der Waals surface area contributed by atoms with Crippen LogP contribution >= 0.6 is 11.6 Å². The summed E-state index contributed by atoms with van der Waals surface area (Å²) in [6, 6.07) is 5.14. The highest BCUT2D eigenvalue weighted by atomic mass is 35.5. The Morgan fingerprint density at radius 3 is 2.86 bits per heavy atom. The van der Waals surface area contributed by atoms with Crippen LogP contribution in [0.25, 0.3) is 10.8 Å². The minimum atomic E-state index is 0.259. The lowest BCUT2D eigenvalue weighted by atomic mass is 10.1. The monoisotopic (exact) mass is 207 g/mol. The molecule has 1 aromatic heterocycles. The van der Waals surface area contributed by atoms with E-state index in [9.17, 15) is 5.11 Å². The van der Waals surface area contributed by atoms with Gasteiger partial charge >= 0.3 is 0 Å². The van der Waals surface area contributed by atoms with Gasteiger partial charge in [-0.05, 0) is 35.6 Å². The van der Waals surface area contributed by atoms with E-state index in [0.29, 0.717) is 5.15 Å². The highest BCUT2D eigenvalue weighted by molar-refractivity contribution is 6.34. The Bertz CT molecular complexity index is 482. The van der Waals surface area contributed by atoms with Crippen LogP contribution in [0.4, 0.5) is 0 Å². The summed E-state index contributed by atoms with van der Waals surface area (Å²) in [6.45, 7) is 2.05. The van der Waals surface area contributed by atoms with Crippen molar-refractivity contribution < 1.29 is 5.11 Å². The molecule has 0 amide bonds. The lowest BCUT2D eigenvalue weighted by Crippen LogP contribution is -1.87. The fraction of sp³-hybridized carbons (Fsp3) is 0.182. The van der Waals surface area contributed by atoms with Gasteiger partial charge in [-0.3, -0.25) is 0 Å². The molecule has 0 aliphatic carbocycles.